The van der Waals surface area contributed by atoms with Crippen LogP contribution in [0.2, 0.25) is 0 Å². The highest BCUT2D eigenvalue weighted by Gasteiger charge is 2.29. The molecule has 0 aliphatic carbocycles. The number of rotatable bonds is 7. The molecule has 4 N–H and O–H groups in total. The van der Waals surface area contributed by atoms with E-state index in [1.807, 2.05) is 0 Å². The minimum atomic E-state index is -0.772. The molecule has 3 atom stereocenters. The molecule has 164 valence electrons. The van der Waals surface area contributed by atoms with Crippen LogP contribution in [-0.2, 0) is 16.1 Å². The lowest BCUT2D eigenvalue weighted by Gasteiger charge is -2.31. The number of hydrogen-bond donors (Lipinski definition) is 4. The van der Waals surface area contributed by atoms with Crippen LogP contribution >= 0.6 is 0 Å². The zero-order valence-corrected chi connectivity index (χ0v) is 16.6. The Morgan fingerprint density at radius 1 is 1.03 bits per heavy atom. The molecular formula is C22H23F2N3O4. The van der Waals surface area contributed by atoms with Gasteiger partial charge in [0.05, 0.1) is 30.9 Å². The molecule has 2 aromatic carbocycles. The highest BCUT2D eigenvalue weighted by Crippen LogP contribution is 2.17. The summed E-state index contributed by atoms with van der Waals surface area (Å²) < 4.78 is 32.3. The number of carbonyl (C=O) groups is 2. The van der Waals surface area contributed by atoms with E-state index in [1.54, 1.807) is 30.4 Å². The molecule has 1 aliphatic rings. The van der Waals surface area contributed by atoms with Gasteiger partial charge in [-0.2, -0.15) is 0 Å². The van der Waals surface area contributed by atoms with Gasteiger partial charge in [0.2, 0.25) is 5.91 Å². The van der Waals surface area contributed by atoms with Crippen molar-refractivity contribution < 1.29 is 28.2 Å². The van der Waals surface area contributed by atoms with Gasteiger partial charge in [-0.3, -0.25) is 4.79 Å². The molecular weight excluding hydrogens is 408 g/mol. The quantitative estimate of drug-likeness (QED) is 0.506. The average molecular weight is 431 g/mol. The fourth-order valence-electron chi connectivity index (χ4n) is 3.07. The van der Waals surface area contributed by atoms with Crippen molar-refractivity contribution >= 4 is 17.6 Å². The summed E-state index contributed by atoms with van der Waals surface area (Å²) in [5.74, 6) is -1.20. The van der Waals surface area contributed by atoms with Crippen molar-refractivity contribution in [1.29, 1.82) is 0 Å². The van der Waals surface area contributed by atoms with Gasteiger partial charge in [0.15, 0.2) is 0 Å². The predicted molar refractivity (Wildman–Crippen MR) is 110 cm³/mol. The Labute approximate surface area is 178 Å². The van der Waals surface area contributed by atoms with Crippen molar-refractivity contribution in [3.05, 3.63) is 77.9 Å². The lowest BCUT2D eigenvalue weighted by molar-refractivity contribution is -0.125. The fourth-order valence-corrected chi connectivity index (χ4v) is 3.07. The summed E-state index contributed by atoms with van der Waals surface area (Å²) in [5.41, 5.74) is 0.783. The van der Waals surface area contributed by atoms with Gasteiger partial charge in [0.25, 0.3) is 0 Å². The Balaban J connectivity index is 1.49. The summed E-state index contributed by atoms with van der Waals surface area (Å²) in [4.78, 5) is 24.3. The number of amides is 3. The lowest BCUT2D eigenvalue weighted by Crippen LogP contribution is -2.50. The molecule has 3 rings (SSSR count). The zero-order chi connectivity index (χ0) is 22.2. The number of ether oxygens (including phenoxy) is 1. The van der Waals surface area contributed by atoms with E-state index < -0.39 is 30.1 Å². The number of benzene rings is 2. The number of anilines is 1. The number of hydrogen-bond acceptors (Lipinski definition) is 4. The molecule has 0 spiro atoms. The highest BCUT2D eigenvalue weighted by molar-refractivity contribution is 5.89. The van der Waals surface area contributed by atoms with E-state index in [9.17, 15) is 23.5 Å². The largest absolute Gasteiger partial charge is 0.394 e. The van der Waals surface area contributed by atoms with Crippen molar-refractivity contribution in [1.82, 2.24) is 10.6 Å². The monoisotopic (exact) mass is 431 g/mol. The first-order valence-corrected chi connectivity index (χ1v) is 9.72. The molecule has 0 fully saturated rings. The third-order valence-electron chi connectivity index (χ3n) is 4.67. The lowest BCUT2D eigenvalue weighted by atomic mass is 10.0. The Bertz CT molecular complexity index is 937. The van der Waals surface area contributed by atoms with Gasteiger partial charge in [-0.25, -0.2) is 13.6 Å². The molecule has 31 heavy (non-hydrogen) atoms. The van der Waals surface area contributed by atoms with Crippen LogP contribution in [0.5, 0.6) is 0 Å². The SMILES string of the molecule is O=C(C[C@@H]1C=C[C@H](NC(=O)Nc2ccccc2F)[C@@H](CO)O1)NCc1ccc(F)cc1. The molecule has 0 saturated carbocycles. The van der Waals surface area contributed by atoms with Crippen molar-refractivity contribution in [3.63, 3.8) is 0 Å². The Kier molecular flexibility index (Phi) is 7.69. The fraction of sp³-hybridized carbons (Fsp3) is 0.273. The van der Waals surface area contributed by atoms with E-state index in [0.29, 0.717) is 0 Å². The molecule has 0 radical (unpaired) electrons. The zero-order valence-electron chi connectivity index (χ0n) is 16.6. The van der Waals surface area contributed by atoms with Gasteiger partial charge in [0, 0.05) is 6.54 Å². The summed E-state index contributed by atoms with van der Waals surface area (Å²) in [6.07, 6.45) is 1.91. The van der Waals surface area contributed by atoms with Crippen LogP contribution in [0, 0.1) is 11.6 Å². The second-order valence-electron chi connectivity index (χ2n) is 6.99. The van der Waals surface area contributed by atoms with E-state index in [4.69, 9.17) is 4.74 Å². The molecule has 0 aromatic heterocycles. The van der Waals surface area contributed by atoms with E-state index in [0.717, 1.165) is 5.56 Å². The van der Waals surface area contributed by atoms with E-state index >= 15 is 0 Å². The highest BCUT2D eigenvalue weighted by atomic mass is 19.1. The molecule has 9 heteroatoms. The standard InChI is InChI=1S/C22H23F2N3O4/c23-15-7-5-14(6-8-15)12-25-21(29)11-16-9-10-19(20(13-28)31-16)27-22(30)26-18-4-2-1-3-17(18)24/h1-10,16,19-20,28H,11-13H2,(H,25,29)(H2,26,27,30)/t16-,19-,20+/m0/s1. The number of para-hydroxylation sites is 1. The summed E-state index contributed by atoms with van der Waals surface area (Å²) >= 11 is 0. The first kappa shape index (κ1) is 22.4. The van der Waals surface area contributed by atoms with Crippen LogP contribution in [0.1, 0.15) is 12.0 Å². The average Bonchev–Trinajstić information content (AvgIpc) is 2.76. The maximum absolute atomic E-state index is 13.7. The first-order chi connectivity index (χ1) is 14.9. The van der Waals surface area contributed by atoms with Crippen molar-refractivity contribution in [3.8, 4) is 0 Å². The number of nitrogens with one attached hydrogen (secondary N) is 3. The number of carbonyl (C=O) groups excluding carboxylic acids is 2. The van der Waals surface area contributed by atoms with Crippen molar-refractivity contribution in [2.45, 2.75) is 31.2 Å². The minimum Gasteiger partial charge on any atom is -0.394 e. The van der Waals surface area contributed by atoms with Crippen LogP contribution in [0.15, 0.2) is 60.7 Å². The van der Waals surface area contributed by atoms with E-state index in [-0.39, 0.29) is 37.0 Å². The second-order valence-corrected chi connectivity index (χ2v) is 6.99. The number of urea groups is 1. The predicted octanol–water partition coefficient (Wildman–Crippen LogP) is 2.48. The van der Waals surface area contributed by atoms with Gasteiger partial charge in [-0.1, -0.05) is 36.4 Å². The number of aliphatic hydroxyl groups is 1. The minimum absolute atomic E-state index is 0.0162. The summed E-state index contributed by atoms with van der Waals surface area (Å²) in [5, 5.41) is 17.3. The van der Waals surface area contributed by atoms with Crippen LogP contribution in [-0.4, -0.2) is 41.9 Å². The molecule has 2 aromatic rings. The third kappa shape index (κ3) is 6.59. The second kappa shape index (κ2) is 10.6. The van der Waals surface area contributed by atoms with Crippen LogP contribution in [0.4, 0.5) is 19.3 Å². The van der Waals surface area contributed by atoms with Crippen LogP contribution in [0.25, 0.3) is 0 Å². The Morgan fingerprint density at radius 3 is 2.48 bits per heavy atom. The maximum Gasteiger partial charge on any atom is 0.319 e. The van der Waals surface area contributed by atoms with Gasteiger partial charge in [-0.15, -0.1) is 0 Å². The molecule has 7 nitrogen and oxygen atoms in total. The van der Waals surface area contributed by atoms with Crippen LogP contribution < -0.4 is 16.0 Å². The molecule has 3 amide bonds. The molecule has 0 saturated heterocycles. The topological polar surface area (TPSA) is 99.7 Å². The first-order valence-electron chi connectivity index (χ1n) is 9.72. The van der Waals surface area contributed by atoms with Gasteiger partial charge in [0.1, 0.15) is 17.7 Å². The molecule has 1 heterocycles. The smallest absolute Gasteiger partial charge is 0.319 e. The maximum atomic E-state index is 13.7. The number of aliphatic hydroxyl groups excluding tert-OH is 1. The van der Waals surface area contributed by atoms with Crippen molar-refractivity contribution in [2.24, 2.45) is 0 Å². The van der Waals surface area contributed by atoms with E-state index in [2.05, 4.69) is 16.0 Å². The van der Waals surface area contributed by atoms with Gasteiger partial charge in [-0.05, 0) is 29.8 Å². The van der Waals surface area contributed by atoms with Gasteiger partial charge >= 0.3 is 6.03 Å². The Hall–Kier alpha value is -3.30. The normalized spacial score (nSPS) is 20.2. The third-order valence-corrected chi connectivity index (χ3v) is 4.67. The van der Waals surface area contributed by atoms with Crippen molar-refractivity contribution in [2.75, 3.05) is 11.9 Å². The van der Waals surface area contributed by atoms with Crippen LogP contribution in [0.3, 0.4) is 0 Å². The Morgan fingerprint density at radius 2 is 1.77 bits per heavy atom. The summed E-state index contributed by atoms with van der Waals surface area (Å²) in [6.45, 7) is -0.137. The molecule has 1 aliphatic heterocycles. The van der Waals surface area contributed by atoms with E-state index in [1.165, 1.54) is 30.3 Å². The summed E-state index contributed by atoms with van der Waals surface area (Å²) in [7, 11) is 0. The number of halogens is 2. The molecule has 0 bridgehead atoms. The van der Waals surface area contributed by atoms with Gasteiger partial charge < -0.3 is 25.8 Å². The molecule has 0 unspecified atom stereocenters. The summed E-state index contributed by atoms with van der Waals surface area (Å²) in [6, 6.07) is 10.2.